The zero-order chi connectivity index (χ0) is 7.49. The van der Waals surface area contributed by atoms with Crippen molar-refractivity contribution in [3.05, 3.63) is 0 Å². The first-order chi connectivity index (χ1) is 4.00. The van der Waals surface area contributed by atoms with Crippen LogP contribution < -0.4 is 0 Å². The van der Waals surface area contributed by atoms with E-state index in [0.717, 1.165) is 6.92 Å². The molecule has 9 heavy (non-hydrogen) atoms. The van der Waals surface area contributed by atoms with Gasteiger partial charge in [-0.05, 0) is 6.92 Å². The second-order valence-electron chi connectivity index (χ2n) is 1.49. The first-order valence-corrected chi connectivity index (χ1v) is 2.12. The lowest BCUT2D eigenvalue weighted by atomic mass is 10.3. The molecule has 0 radical (unpaired) electrons. The van der Waals surface area contributed by atoms with E-state index in [4.69, 9.17) is 20.6 Å². The molecule has 0 aromatic heterocycles. The minimum atomic E-state index is -2.87. The quantitative estimate of drug-likeness (QED) is 0.214. The van der Waals surface area contributed by atoms with Crippen molar-refractivity contribution in [2.75, 3.05) is 0 Å². The summed E-state index contributed by atoms with van der Waals surface area (Å²) in [6.45, 7) is 1.04. The Morgan fingerprint density at radius 1 is 1.44 bits per heavy atom. The van der Waals surface area contributed by atoms with Crippen LogP contribution in [0.2, 0.25) is 0 Å². The molecule has 6 heteroatoms. The molecule has 0 heterocycles. The smallest absolute Gasteiger partial charge is 0.336 e. The van der Waals surface area contributed by atoms with Crippen LogP contribution in [0.25, 0.3) is 0 Å². The first-order valence-electron chi connectivity index (χ1n) is 2.12. The summed E-state index contributed by atoms with van der Waals surface area (Å²) in [5.74, 6) is -2.87. The average molecular weight is 140 g/mol. The van der Waals surface area contributed by atoms with Crippen LogP contribution in [-0.2, 0) is 9.93 Å². The summed E-state index contributed by atoms with van der Waals surface area (Å²) < 4.78 is 0. The van der Waals surface area contributed by atoms with E-state index in [9.17, 15) is 0 Å². The Morgan fingerprint density at radius 2 is 1.89 bits per heavy atom. The second-order valence-corrected chi connectivity index (χ2v) is 1.49. The monoisotopic (exact) mass is 140 g/mol. The normalized spacial score (nSPS) is 15.7. The van der Waals surface area contributed by atoms with Gasteiger partial charge in [-0.2, -0.15) is 0 Å². The van der Waals surface area contributed by atoms with E-state index in [0.29, 0.717) is 0 Å². The number of hydrogen-bond acceptors (Lipinski definition) is 6. The maximum Gasteiger partial charge on any atom is 0.336 e. The van der Waals surface area contributed by atoms with Gasteiger partial charge in [-0.25, -0.2) is 5.26 Å². The lowest BCUT2D eigenvalue weighted by Crippen LogP contribution is -2.42. The van der Waals surface area contributed by atoms with Gasteiger partial charge in [0.2, 0.25) is 0 Å². The number of aliphatic hydroxyl groups is 3. The molecule has 4 N–H and O–H groups in total. The fraction of sp³-hybridized carbons (Fsp3) is 1.00. The zero-order valence-corrected chi connectivity index (χ0v) is 4.68. The first kappa shape index (κ1) is 8.76. The van der Waals surface area contributed by atoms with Crippen LogP contribution in [0, 0.1) is 0 Å². The Labute approximate surface area is 50.7 Å². The SMILES string of the molecule is CC(O)C(O)(O)OOO. The van der Waals surface area contributed by atoms with Gasteiger partial charge in [-0.1, -0.05) is 5.04 Å². The molecule has 0 fully saturated rings. The number of rotatable bonds is 3. The molecule has 0 aliphatic carbocycles. The molecule has 0 aliphatic rings. The average Bonchev–Trinajstić information content (AvgIpc) is 1.65. The van der Waals surface area contributed by atoms with Crippen LogP contribution in [0.3, 0.4) is 0 Å². The van der Waals surface area contributed by atoms with Gasteiger partial charge in [-0.3, -0.25) is 0 Å². The molecule has 1 atom stereocenters. The van der Waals surface area contributed by atoms with Crippen molar-refractivity contribution in [3.63, 3.8) is 0 Å². The highest BCUT2D eigenvalue weighted by Gasteiger charge is 2.32. The highest BCUT2D eigenvalue weighted by atomic mass is 17.5. The molecule has 0 bridgehead atoms. The second kappa shape index (κ2) is 3.06. The van der Waals surface area contributed by atoms with Crippen molar-refractivity contribution >= 4 is 0 Å². The van der Waals surface area contributed by atoms with Gasteiger partial charge in [0, 0.05) is 0 Å². The van der Waals surface area contributed by atoms with E-state index in [1.165, 1.54) is 0 Å². The maximum atomic E-state index is 8.40. The van der Waals surface area contributed by atoms with Crippen molar-refractivity contribution < 1.29 is 30.5 Å². The lowest BCUT2D eigenvalue weighted by molar-refractivity contribution is -0.600. The van der Waals surface area contributed by atoms with Gasteiger partial charge >= 0.3 is 5.97 Å². The van der Waals surface area contributed by atoms with Gasteiger partial charge in [0.15, 0.2) is 0 Å². The van der Waals surface area contributed by atoms with Crippen LogP contribution in [0.15, 0.2) is 0 Å². The van der Waals surface area contributed by atoms with E-state index >= 15 is 0 Å². The zero-order valence-electron chi connectivity index (χ0n) is 4.68. The van der Waals surface area contributed by atoms with E-state index in [-0.39, 0.29) is 0 Å². The molecule has 0 saturated heterocycles. The third-order valence-corrected chi connectivity index (χ3v) is 0.704. The molecular formula is C3H8O6. The minimum absolute atomic E-state index is 1.04. The summed E-state index contributed by atoms with van der Waals surface area (Å²) in [6.07, 6.45) is -1.58. The summed E-state index contributed by atoms with van der Waals surface area (Å²) in [5, 5.41) is 35.6. The molecule has 0 aromatic rings. The Balaban J connectivity index is 3.70. The summed E-state index contributed by atoms with van der Waals surface area (Å²) in [5.41, 5.74) is 0. The summed E-state index contributed by atoms with van der Waals surface area (Å²) in [4.78, 5) is 3.41. The van der Waals surface area contributed by atoms with E-state index < -0.39 is 12.1 Å². The van der Waals surface area contributed by atoms with Gasteiger partial charge in [0.05, 0.1) is 0 Å². The third-order valence-electron chi connectivity index (χ3n) is 0.704. The van der Waals surface area contributed by atoms with E-state index in [1.54, 1.807) is 0 Å². The van der Waals surface area contributed by atoms with E-state index in [1.807, 2.05) is 0 Å². The predicted molar refractivity (Wildman–Crippen MR) is 23.6 cm³/mol. The van der Waals surface area contributed by atoms with E-state index in [2.05, 4.69) is 9.93 Å². The fourth-order valence-corrected chi connectivity index (χ4v) is 0.124. The molecule has 6 nitrogen and oxygen atoms in total. The molecule has 56 valence electrons. The summed E-state index contributed by atoms with van der Waals surface area (Å²) >= 11 is 0. The molecular weight excluding hydrogens is 132 g/mol. The standard InChI is InChI=1S/C3H8O6/c1-2(4)3(5,6)8-9-7/h2,4-7H,1H3. The van der Waals surface area contributed by atoms with Gasteiger partial charge in [-0.15, -0.1) is 4.89 Å². The number of hydrogen-bond donors (Lipinski definition) is 4. The molecule has 0 saturated carbocycles. The van der Waals surface area contributed by atoms with Crippen molar-refractivity contribution in [2.45, 2.75) is 19.0 Å². The highest BCUT2D eigenvalue weighted by molar-refractivity contribution is 4.54. The Bertz CT molecular complexity index is 78.4. The predicted octanol–water partition coefficient (Wildman–Crippen LogP) is -1.57. The molecule has 0 rings (SSSR count). The van der Waals surface area contributed by atoms with Gasteiger partial charge in [0.1, 0.15) is 6.10 Å². The maximum absolute atomic E-state index is 8.40. The van der Waals surface area contributed by atoms with Gasteiger partial charge in [0.25, 0.3) is 0 Å². The van der Waals surface area contributed by atoms with Crippen molar-refractivity contribution in [2.24, 2.45) is 0 Å². The lowest BCUT2D eigenvalue weighted by Gasteiger charge is -2.19. The summed E-state index contributed by atoms with van der Waals surface area (Å²) in [6, 6.07) is 0. The molecule has 1 unspecified atom stereocenters. The molecule has 0 aromatic carbocycles. The molecule has 0 aliphatic heterocycles. The van der Waals surface area contributed by atoms with Crippen LogP contribution >= 0.6 is 0 Å². The van der Waals surface area contributed by atoms with Crippen LogP contribution in [0.1, 0.15) is 6.92 Å². The van der Waals surface area contributed by atoms with Crippen LogP contribution in [-0.4, -0.2) is 32.7 Å². The topological polar surface area (TPSA) is 99.4 Å². The Hall–Kier alpha value is -0.240. The van der Waals surface area contributed by atoms with Crippen molar-refractivity contribution in [3.8, 4) is 0 Å². The Morgan fingerprint density at radius 3 is 2.00 bits per heavy atom. The van der Waals surface area contributed by atoms with Crippen LogP contribution in [0.4, 0.5) is 0 Å². The minimum Gasteiger partial charge on any atom is -0.385 e. The van der Waals surface area contributed by atoms with Crippen molar-refractivity contribution in [1.82, 2.24) is 0 Å². The van der Waals surface area contributed by atoms with Crippen LogP contribution in [0.5, 0.6) is 0 Å². The Kier molecular flexibility index (Phi) is 2.98. The highest BCUT2D eigenvalue weighted by Crippen LogP contribution is 2.06. The van der Waals surface area contributed by atoms with Crippen molar-refractivity contribution in [1.29, 1.82) is 0 Å². The van der Waals surface area contributed by atoms with Gasteiger partial charge < -0.3 is 15.3 Å². The molecule has 0 amide bonds. The molecule has 0 spiro atoms. The number of aliphatic hydroxyl groups excluding tert-OH is 1. The largest absolute Gasteiger partial charge is 0.385 e. The third kappa shape index (κ3) is 2.70. The fourth-order valence-electron chi connectivity index (χ4n) is 0.124. The summed E-state index contributed by atoms with van der Waals surface area (Å²) in [7, 11) is 0.